The summed E-state index contributed by atoms with van der Waals surface area (Å²) < 4.78 is 10.2. The fourth-order valence-electron chi connectivity index (χ4n) is 2.01. The Kier molecular flexibility index (Phi) is 5.74. The molecule has 5 heteroatoms. The molecule has 23 heavy (non-hydrogen) atoms. The summed E-state index contributed by atoms with van der Waals surface area (Å²) in [5.41, 5.74) is 5.14. The number of ether oxygens (including phenoxy) is 2. The first-order chi connectivity index (χ1) is 11.1. The maximum Gasteiger partial charge on any atom is 0.244 e. The molecule has 2 aromatic rings. The van der Waals surface area contributed by atoms with Crippen LogP contribution in [0.2, 0.25) is 0 Å². The van der Waals surface area contributed by atoms with Gasteiger partial charge in [-0.3, -0.25) is 4.79 Å². The molecule has 2 aromatic carbocycles. The van der Waals surface area contributed by atoms with E-state index in [1.807, 2.05) is 55.5 Å². The molecule has 0 fully saturated rings. The minimum atomic E-state index is -0.164. The topological polar surface area (TPSA) is 59.9 Å². The van der Waals surface area contributed by atoms with Crippen LogP contribution in [0.4, 0.5) is 0 Å². The number of hydrogen-bond donors (Lipinski definition) is 1. The van der Waals surface area contributed by atoms with Crippen LogP contribution < -0.4 is 14.9 Å². The van der Waals surface area contributed by atoms with Gasteiger partial charge in [-0.25, -0.2) is 5.43 Å². The molecule has 0 spiro atoms. The Labute approximate surface area is 135 Å². The van der Waals surface area contributed by atoms with Crippen LogP contribution in [-0.4, -0.2) is 25.8 Å². The number of benzene rings is 2. The van der Waals surface area contributed by atoms with E-state index in [0.717, 1.165) is 28.3 Å². The molecule has 0 aliphatic rings. The van der Waals surface area contributed by atoms with Crippen LogP contribution in [0.15, 0.2) is 53.6 Å². The summed E-state index contributed by atoms with van der Waals surface area (Å²) in [7, 11) is 3.23. The van der Waals surface area contributed by atoms with E-state index in [4.69, 9.17) is 9.47 Å². The summed E-state index contributed by atoms with van der Waals surface area (Å²) >= 11 is 0. The number of carbonyl (C=O) groups is 1. The van der Waals surface area contributed by atoms with Gasteiger partial charge >= 0.3 is 0 Å². The first-order valence-corrected chi connectivity index (χ1v) is 7.23. The minimum absolute atomic E-state index is 0.164. The highest BCUT2D eigenvalue weighted by Gasteiger charge is 2.04. The molecule has 5 nitrogen and oxygen atoms in total. The summed E-state index contributed by atoms with van der Waals surface area (Å²) in [5, 5.41) is 4.13. The van der Waals surface area contributed by atoms with Crippen LogP contribution >= 0.6 is 0 Å². The molecule has 0 unspecified atom stereocenters. The lowest BCUT2D eigenvalue weighted by Crippen LogP contribution is -2.21. The van der Waals surface area contributed by atoms with Crippen LogP contribution in [0.3, 0.4) is 0 Å². The molecule has 0 saturated carbocycles. The predicted octanol–water partition coefficient (Wildman–Crippen LogP) is 2.79. The van der Waals surface area contributed by atoms with E-state index >= 15 is 0 Å². The largest absolute Gasteiger partial charge is 0.497 e. The van der Waals surface area contributed by atoms with Gasteiger partial charge in [-0.15, -0.1) is 0 Å². The van der Waals surface area contributed by atoms with Gasteiger partial charge in [-0.1, -0.05) is 12.1 Å². The second-order valence-electron chi connectivity index (χ2n) is 4.99. The molecule has 2 rings (SSSR count). The summed E-state index contributed by atoms with van der Waals surface area (Å²) in [6.07, 6.45) is 0.267. The predicted molar refractivity (Wildman–Crippen MR) is 90.0 cm³/mol. The molecule has 0 saturated heterocycles. The summed E-state index contributed by atoms with van der Waals surface area (Å²) in [6, 6.07) is 14.9. The molecule has 0 aliphatic carbocycles. The molecule has 1 N–H and O–H groups in total. The SMILES string of the molecule is COc1ccc(CC(=O)N/N=C(\C)c2ccc(OC)cc2)cc1. The van der Waals surface area contributed by atoms with Gasteiger partial charge in [0.1, 0.15) is 11.5 Å². The van der Waals surface area contributed by atoms with E-state index in [-0.39, 0.29) is 12.3 Å². The van der Waals surface area contributed by atoms with Crippen molar-refractivity contribution in [2.45, 2.75) is 13.3 Å². The summed E-state index contributed by atoms with van der Waals surface area (Å²) in [4.78, 5) is 11.9. The Bertz CT molecular complexity index is 676. The molecule has 0 aliphatic heterocycles. The molecule has 0 heterocycles. The first-order valence-electron chi connectivity index (χ1n) is 7.23. The number of nitrogens with zero attached hydrogens (tertiary/aromatic N) is 1. The average Bonchev–Trinajstić information content (AvgIpc) is 2.60. The van der Waals surface area contributed by atoms with Crippen molar-refractivity contribution in [3.8, 4) is 11.5 Å². The third-order valence-corrected chi connectivity index (χ3v) is 3.38. The molecular formula is C18H20N2O3. The van der Waals surface area contributed by atoms with Gasteiger partial charge in [-0.2, -0.15) is 5.10 Å². The summed E-state index contributed by atoms with van der Waals surface area (Å²) in [6.45, 7) is 1.84. The van der Waals surface area contributed by atoms with Gasteiger partial charge in [0.25, 0.3) is 0 Å². The van der Waals surface area contributed by atoms with Crippen LogP contribution in [0.5, 0.6) is 11.5 Å². The maximum absolute atomic E-state index is 11.9. The van der Waals surface area contributed by atoms with Gasteiger partial charge in [0.15, 0.2) is 0 Å². The monoisotopic (exact) mass is 312 g/mol. The van der Waals surface area contributed by atoms with Crippen molar-refractivity contribution in [2.75, 3.05) is 14.2 Å². The first kappa shape index (κ1) is 16.5. The highest BCUT2D eigenvalue weighted by molar-refractivity contribution is 5.99. The van der Waals surface area contributed by atoms with Crippen molar-refractivity contribution in [1.82, 2.24) is 5.43 Å². The van der Waals surface area contributed by atoms with Crippen molar-refractivity contribution in [1.29, 1.82) is 0 Å². The van der Waals surface area contributed by atoms with Crippen LogP contribution in [0.1, 0.15) is 18.1 Å². The Morgan fingerprint density at radius 1 is 0.957 bits per heavy atom. The molecule has 1 amide bonds. The average molecular weight is 312 g/mol. The highest BCUT2D eigenvalue weighted by atomic mass is 16.5. The van der Waals surface area contributed by atoms with Gasteiger partial charge in [0, 0.05) is 0 Å². The number of carbonyl (C=O) groups excluding carboxylic acids is 1. The Morgan fingerprint density at radius 2 is 1.48 bits per heavy atom. The second kappa shape index (κ2) is 7.98. The third-order valence-electron chi connectivity index (χ3n) is 3.38. The van der Waals surface area contributed by atoms with Crippen LogP contribution in [0, 0.1) is 0 Å². The molecule has 0 atom stereocenters. The van der Waals surface area contributed by atoms with Crippen LogP contribution in [-0.2, 0) is 11.2 Å². The summed E-state index contributed by atoms with van der Waals surface area (Å²) in [5.74, 6) is 1.38. The molecule has 0 bridgehead atoms. The normalized spacial score (nSPS) is 11.0. The fourth-order valence-corrected chi connectivity index (χ4v) is 2.01. The van der Waals surface area contributed by atoms with Crippen LogP contribution in [0.25, 0.3) is 0 Å². The van der Waals surface area contributed by atoms with Crippen molar-refractivity contribution in [3.05, 3.63) is 59.7 Å². The van der Waals surface area contributed by atoms with Gasteiger partial charge in [0.05, 0.1) is 26.4 Å². The molecule has 0 aromatic heterocycles. The number of rotatable bonds is 6. The van der Waals surface area contributed by atoms with Gasteiger partial charge in [0.2, 0.25) is 5.91 Å². The Hall–Kier alpha value is -2.82. The lowest BCUT2D eigenvalue weighted by atomic mass is 10.1. The van der Waals surface area contributed by atoms with Crippen molar-refractivity contribution >= 4 is 11.6 Å². The number of methoxy groups -OCH3 is 2. The van der Waals surface area contributed by atoms with E-state index in [1.54, 1.807) is 14.2 Å². The highest BCUT2D eigenvalue weighted by Crippen LogP contribution is 2.12. The van der Waals surface area contributed by atoms with Gasteiger partial charge in [-0.05, 0) is 54.4 Å². The standard InChI is InChI=1S/C18H20N2O3/c1-13(15-6-10-17(23-3)11-7-15)19-20-18(21)12-14-4-8-16(22-2)9-5-14/h4-11H,12H2,1-3H3,(H,20,21)/b19-13+. The molecule has 120 valence electrons. The van der Waals surface area contributed by atoms with E-state index in [9.17, 15) is 4.79 Å². The van der Waals surface area contributed by atoms with Crippen molar-refractivity contribution < 1.29 is 14.3 Å². The van der Waals surface area contributed by atoms with Gasteiger partial charge < -0.3 is 9.47 Å². The smallest absolute Gasteiger partial charge is 0.244 e. The number of nitrogens with one attached hydrogen (secondary N) is 1. The Morgan fingerprint density at radius 3 is 2.00 bits per heavy atom. The molecular weight excluding hydrogens is 292 g/mol. The fraction of sp³-hybridized carbons (Fsp3) is 0.222. The quantitative estimate of drug-likeness (QED) is 0.659. The van der Waals surface area contributed by atoms with Crippen molar-refractivity contribution in [2.24, 2.45) is 5.10 Å². The zero-order valence-corrected chi connectivity index (χ0v) is 13.5. The maximum atomic E-state index is 11.9. The lowest BCUT2D eigenvalue weighted by molar-refractivity contribution is -0.120. The second-order valence-corrected chi connectivity index (χ2v) is 4.99. The van der Waals surface area contributed by atoms with E-state index in [0.29, 0.717) is 0 Å². The van der Waals surface area contributed by atoms with E-state index < -0.39 is 0 Å². The zero-order valence-electron chi connectivity index (χ0n) is 13.5. The minimum Gasteiger partial charge on any atom is -0.497 e. The third kappa shape index (κ3) is 4.85. The van der Waals surface area contributed by atoms with E-state index in [1.165, 1.54) is 0 Å². The number of hydrazone groups is 1. The zero-order chi connectivity index (χ0) is 16.7. The number of amides is 1. The number of hydrogen-bond acceptors (Lipinski definition) is 4. The molecule has 0 radical (unpaired) electrons. The van der Waals surface area contributed by atoms with Crippen molar-refractivity contribution in [3.63, 3.8) is 0 Å². The van der Waals surface area contributed by atoms with E-state index in [2.05, 4.69) is 10.5 Å². The lowest BCUT2D eigenvalue weighted by Gasteiger charge is -2.05. The Balaban J connectivity index is 1.93.